The first-order valence-electron chi connectivity index (χ1n) is 11.9. The van der Waals surface area contributed by atoms with E-state index in [2.05, 4.69) is 36.1 Å². The molecule has 8 heteroatoms. The summed E-state index contributed by atoms with van der Waals surface area (Å²) in [6.45, 7) is 5.71. The molecule has 1 atom stereocenters. The number of esters is 1. The van der Waals surface area contributed by atoms with Crippen molar-refractivity contribution in [2.75, 3.05) is 40.4 Å². The van der Waals surface area contributed by atoms with Crippen LogP contribution in [0.3, 0.4) is 0 Å². The second-order valence-electron chi connectivity index (χ2n) is 9.16. The molecule has 4 rings (SSSR count). The van der Waals surface area contributed by atoms with Gasteiger partial charge in [-0.2, -0.15) is 0 Å². The minimum Gasteiger partial charge on any atom is -0.492 e. The molecule has 0 N–H and O–H groups in total. The smallest absolute Gasteiger partial charge is 0.343 e. The normalized spacial score (nSPS) is 18.5. The highest BCUT2D eigenvalue weighted by Crippen LogP contribution is 2.26. The molecule has 8 nitrogen and oxygen atoms in total. The number of hydrogen-bond acceptors (Lipinski definition) is 6. The van der Waals surface area contributed by atoms with Gasteiger partial charge in [0.05, 0.1) is 13.7 Å². The monoisotopic (exact) mass is 467 g/mol. The molecule has 34 heavy (non-hydrogen) atoms. The highest BCUT2D eigenvalue weighted by molar-refractivity contribution is 5.93. The Bertz CT molecular complexity index is 1110. The lowest BCUT2D eigenvalue weighted by atomic mass is 10.1. The van der Waals surface area contributed by atoms with Crippen molar-refractivity contribution in [3.63, 3.8) is 0 Å². The number of carbonyl (C=O) groups excluding carboxylic acids is 2. The standard InChI is InChI=1S/C26H33N3O5/c1-4-18-5-7-19(8-6-18)16-28-10-9-21-25(26(32)33-3)22(14-24(31)29(21)12-11-28)34-17-20-13-23(30)27(2)15-20/h5-8,14,20H,4,9-13,15-17H2,1-3H3/t20-/m0/s1. The molecule has 182 valence electrons. The lowest BCUT2D eigenvalue weighted by Gasteiger charge is -2.19. The number of likely N-dealkylation sites (tertiary alicyclic amines) is 1. The van der Waals surface area contributed by atoms with Crippen molar-refractivity contribution in [2.24, 2.45) is 5.92 Å². The van der Waals surface area contributed by atoms with Gasteiger partial charge in [0, 0.05) is 70.3 Å². The first-order valence-corrected chi connectivity index (χ1v) is 11.9. The number of benzene rings is 1. The first-order chi connectivity index (χ1) is 16.4. The topological polar surface area (TPSA) is 81.1 Å². The largest absolute Gasteiger partial charge is 0.492 e. The fraction of sp³-hybridized carbons (Fsp3) is 0.500. The average Bonchev–Trinajstić information content (AvgIpc) is 3.02. The van der Waals surface area contributed by atoms with Gasteiger partial charge in [-0.1, -0.05) is 31.2 Å². The molecular weight excluding hydrogens is 434 g/mol. The van der Waals surface area contributed by atoms with E-state index in [-0.39, 0.29) is 29.7 Å². The molecule has 0 bridgehead atoms. The maximum atomic E-state index is 13.0. The molecule has 2 aromatic rings. The minimum atomic E-state index is -0.512. The van der Waals surface area contributed by atoms with Crippen LogP contribution < -0.4 is 10.3 Å². The predicted molar refractivity (Wildman–Crippen MR) is 128 cm³/mol. The van der Waals surface area contributed by atoms with Gasteiger partial charge in [0.15, 0.2) is 0 Å². The molecule has 0 aliphatic carbocycles. The number of ether oxygens (including phenoxy) is 2. The molecule has 1 aromatic heterocycles. The fourth-order valence-electron chi connectivity index (χ4n) is 4.80. The fourth-order valence-corrected chi connectivity index (χ4v) is 4.80. The van der Waals surface area contributed by atoms with Gasteiger partial charge in [-0.3, -0.25) is 14.5 Å². The van der Waals surface area contributed by atoms with E-state index in [1.165, 1.54) is 24.3 Å². The number of carbonyl (C=O) groups is 2. The van der Waals surface area contributed by atoms with Gasteiger partial charge >= 0.3 is 5.97 Å². The molecule has 3 heterocycles. The Morgan fingerprint density at radius 1 is 1.09 bits per heavy atom. The lowest BCUT2D eigenvalue weighted by molar-refractivity contribution is -0.126. The quantitative estimate of drug-likeness (QED) is 0.581. The summed E-state index contributed by atoms with van der Waals surface area (Å²) in [6.07, 6.45) is 1.95. The molecule has 1 aromatic carbocycles. The average molecular weight is 468 g/mol. The maximum absolute atomic E-state index is 13.0. The van der Waals surface area contributed by atoms with Gasteiger partial charge in [-0.25, -0.2) is 4.79 Å². The van der Waals surface area contributed by atoms with Crippen LogP contribution in [0, 0.1) is 5.92 Å². The van der Waals surface area contributed by atoms with Crippen LogP contribution in [0.15, 0.2) is 35.1 Å². The number of aryl methyl sites for hydroxylation is 1. The van der Waals surface area contributed by atoms with E-state index in [4.69, 9.17) is 9.47 Å². The van der Waals surface area contributed by atoms with Crippen molar-refractivity contribution in [3.8, 4) is 5.75 Å². The zero-order valence-electron chi connectivity index (χ0n) is 20.2. The predicted octanol–water partition coefficient (Wildman–Crippen LogP) is 2.11. The Morgan fingerprint density at radius 3 is 2.47 bits per heavy atom. The molecule has 0 radical (unpaired) electrons. The van der Waals surface area contributed by atoms with Crippen molar-refractivity contribution in [1.29, 1.82) is 0 Å². The Morgan fingerprint density at radius 2 is 1.82 bits per heavy atom. The summed E-state index contributed by atoms with van der Waals surface area (Å²) in [5.41, 5.74) is 3.31. The summed E-state index contributed by atoms with van der Waals surface area (Å²) in [5, 5.41) is 0. The number of nitrogens with zero attached hydrogens (tertiary/aromatic N) is 3. The van der Waals surface area contributed by atoms with E-state index in [0.717, 1.165) is 13.0 Å². The van der Waals surface area contributed by atoms with E-state index in [9.17, 15) is 14.4 Å². The molecule has 2 aliphatic rings. The molecule has 0 unspecified atom stereocenters. The highest BCUT2D eigenvalue weighted by Gasteiger charge is 2.30. The van der Waals surface area contributed by atoms with Crippen LogP contribution in [0.5, 0.6) is 5.75 Å². The van der Waals surface area contributed by atoms with Gasteiger partial charge in [-0.15, -0.1) is 0 Å². The number of amides is 1. The molecule has 1 fully saturated rings. The molecule has 1 saturated heterocycles. The van der Waals surface area contributed by atoms with Crippen LogP contribution in [0.4, 0.5) is 0 Å². The Labute approximate surface area is 200 Å². The van der Waals surface area contributed by atoms with Crippen molar-refractivity contribution >= 4 is 11.9 Å². The Hall–Kier alpha value is -3.13. The van der Waals surface area contributed by atoms with E-state index in [1.54, 1.807) is 16.5 Å². The van der Waals surface area contributed by atoms with E-state index >= 15 is 0 Å². The van der Waals surface area contributed by atoms with Crippen LogP contribution >= 0.6 is 0 Å². The minimum absolute atomic E-state index is 0.0270. The van der Waals surface area contributed by atoms with Crippen LogP contribution in [0.25, 0.3) is 0 Å². The van der Waals surface area contributed by atoms with Crippen molar-refractivity contribution < 1.29 is 19.1 Å². The second kappa shape index (κ2) is 10.4. The van der Waals surface area contributed by atoms with Gasteiger partial charge in [0.25, 0.3) is 5.56 Å². The van der Waals surface area contributed by atoms with E-state index in [0.29, 0.717) is 50.3 Å². The van der Waals surface area contributed by atoms with Gasteiger partial charge in [0.1, 0.15) is 11.3 Å². The lowest BCUT2D eigenvalue weighted by Crippen LogP contribution is -2.29. The number of methoxy groups -OCH3 is 1. The molecule has 0 saturated carbocycles. The van der Waals surface area contributed by atoms with Crippen LogP contribution in [0.2, 0.25) is 0 Å². The number of rotatable bonds is 7. The Balaban J connectivity index is 1.54. The number of hydrogen-bond donors (Lipinski definition) is 0. The highest BCUT2D eigenvalue weighted by atomic mass is 16.5. The summed E-state index contributed by atoms with van der Waals surface area (Å²) in [5.74, 6) is -0.164. The maximum Gasteiger partial charge on any atom is 0.343 e. The third kappa shape index (κ3) is 5.17. The van der Waals surface area contributed by atoms with Crippen LogP contribution in [-0.4, -0.2) is 66.6 Å². The third-order valence-electron chi connectivity index (χ3n) is 6.81. The van der Waals surface area contributed by atoms with Crippen molar-refractivity contribution in [1.82, 2.24) is 14.4 Å². The summed E-state index contributed by atoms with van der Waals surface area (Å²) in [6, 6.07) is 10.00. The zero-order chi connectivity index (χ0) is 24.2. The number of aromatic nitrogens is 1. The SMILES string of the molecule is CCc1ccc(CN2CCc3c(C(=O)OC)c(OC[C@H]4CC(=O)N(C)C4)cc(=O)n3CC2)cc1. The first kappa shape index (κ1) is 24.0. The Kier molecular flexibility index (Phi) is 7.36. The van der Waals surface area contributed by atoms with Gasteiger partial charge in [-0.05, 0) is 17.5 Å². The summed E-state index contributed by atoms with van der Waals surface area (Å²) in [7, 11) is 3.10. The van der Waals surface area contributed by atoms with Crippen molar-refractivity contribution in [3.05, 3.63) is 63.1 Å². The summed E-state index contributed by atoms with van der Waals surface area (Å²) < 4.78 is 12.7. The van der Waals surface area contributed by atoms with Crippen molar-refractivity contribution in [2.45, 2.75) is 39.3 Å². The number of pyridine rings is 1. The van der Waals surface area contributed by atoms with E-state index < -0.39 is 5.97 Å². The van der Waals surface area contributed by atoms with Crippen LogP contribution in [-0.2, 0) is 35.5 Å². The third-order valence-corrected chi connectivity index (χ3v) is 6.81. The van der Waals surface area contributed by atoms with Gasteiger partial charge in [0.2, 0.25) is 5.91 Å². The second-order valence-corrected chi connectivity index (χ2v) is 9.16. The van der Waals surface area contributed by atoms with Crippen LogP contribution in [0.1, 0.15) is 40.5 Å². The van der Waals surface area contributed by atoms with Gasteiger partial charge < -0.3 is 18.9 Å². The molecule has 2 aliphatic heterocycles. The summed E-state index contributed by atoms with van der Waals surface area (Å²) in [4.78, 5) is 41.6. The zero-order valence-corrected chi connectivity index (χ0v) is 20.2. The summed E-state index contributed by atoms with van der Waals surface area (Å²) >= 11 is 0. The molecule has 0 spiro atoms. The number of fused-ring (bicyclic) bond motifs is 1. The molecule has 1 amide bonds. The molecular formula is C26H33N3O5. The van der Waals surface area contributed by atoms with E-state index in [1.807, 2.05) is 0 Å².